The van der Waals surface area contributed by atoms with Gasteiger partial charge in [-0.05, 0) is 0 Å². The van der Waals surface area contributed by atoms with Crippen molar-refractivity contribution in [2.24, 2.45) is 0 Å². The average molecular weight is 374 g/mol. The van der Waals surface area contributed by atoms with Crippen molar-refractivity contribution in [1.82, 2.24) is 0 Å². The zero-order valence-electron chi connectivity index (χ0n) is 14.1. The van der Waals surface area contributed by atoms with Crippen LogP contribution in [0, 0.1) is 0 Å². The summed E-state index contributed by atoms with van der Waals surface area (Å²) in [5, 5.41) is 0. The van der Waals surface area contributed by atoms with Crippen LogP contribution in [0.1, 0.15) is 97.8 Å². The molecule has 1 radical (unpaired) electrons. The van der Waals surface area contributed by atoms with E-state index in [1.54, 1.807) is 26.2 Å². The van der Waals surface area contributed by atoms with Crippen molar-refractivity contribution >= 4 is 19.8 Å². The molecule has 0 amide bonds. The molecule has 0 bridgehead atoms. The average Bonchev–Trinajstić information content (AvgIpc) is 2.44. The van der Waals surface area contributed by atoms with E-state index in [1.165, 1.54) is 64.2 Å². The molecule has 0 spiro atoms. The zero-order chi connectivity index (χ0) is 14.2. The molecule has 0 heterocycles. The van der Waals surface area contributed by atoms with E-state index in [4.69, 9.17) is 0 Å². The Balaban J connectivity index is 3.30. The second-order valence-corrected chi connectivity index (χ2v) is 15.3. The molecule has 0 atom stereocenters. The first-order valence-electron chi connectivity index (χ1n) is 9.18. The number of rotatable bonds is 15. The molecule has 0 saturated carbocycles. The van der Waals surface area contributed by atoms with E-state index in [0.29, 0.717) is 0 Å². The molecular formula is C18H39Sn. The van der Waals surface area contributed by atoms with Crippen LogP contribution >= 0.6 is 0 Å². The van der Waals surface area contributed by atoms with Gasteiger partial charge in [-0.15, -0.1) is 0 Å². The van der Waals surface area contributed by atoms with Crippen LogP contribution < -0.4 is 0 Å². The fraction of sp³-hybridized carbons (Fsp3) is 1.00. The van der Waals surface area contributed by atoms with E-state index >= 15 is 0 Å². The van der Waals surface area contributed by atoms with Gasteiger partial charge in [0.1, 0.15) is 0 Å². The maximum absolute atomic E-state index is 2.48. The third-order valence-corrected chi connectivity index (χ3v) is 13.2. The Kier molecular flexibility index (Phi) is 17.6. The quantitative estimate of drug-likeness (QED) is 0.210. The first-order chi connectivity index (χ1) is 9.35. The van der Waals surface area contributed by atoms with Gasteiger partial charge in [0.15, 0.2) is 0 Å². The molecule has 0 aromatic heterocycles. The molecule has 0 aliphatic rings. The molecule has 0 nitrogen and oxygen atoms in total. The summed E-state index contributed by atoms with van der Waals surface area (Å²) in [6.45, 7) is 7.09. The molecule has 0 aromatic rings. The molecule has 0 rings (SSSR count). The standard InChI is InChI=1S/2C8H17.C2H5.Sn/c2*1-3-5-7-8-6-4-2;1-2;/h2*1,3-8H2,2H3;1H2,2H3;. The molecule has 115 valence electrons. The maximum atomic E-state index is 2.48. The summed E-state index contributed by atoms with van der Waals surface area (Å²) in [5.41, 5.74) is 0. The Hall–Kier alpha value is 0.799. The normalized spacial score (nSPS) is 11.4. The Morgan fingerprint density at radius 3 is 1.21 bits per heavy atom. The Morgan fingerprint density at radius 1 is 0.474 bits per heavy atom. The van der Waals surface area contributed by atoms with Gasteiger partial charge in [0.2, 0.25) is 0 Å². The van der Waals surface area contributed by atoms with Crippen molar-refractivity contribution in [1.29, 1.82) is 0 Å². The van der Waals surface area contributed by atoms with Crippen LogP contribution in [-0.2, 0) is 0 Å². The fourth-order valence-electron chi connectivity index (χ4n) is 2.79. The molecule has 1 heteroatoms. The summed E-state index contributed by atoms with van der Waals surface area (Å²) in [6, 6.07) is 0. The topological polar surface area (TPSA) is 0 Å². The van der Waals surface area contributed by atoms with E-state index in [0.717, 1.165) is 0 Å². The second-order valence-electron chi connectivity index (χ2n) is 6.14. The van der Waals surface area contributed by atoms with Gasteiger partial charge in [-0.25, -0.2) is 0 Å². The van der Waals surface area contributed by atoms with Gasteiger partial charge in [0.25, 0.3) is 0 Å². The molecular weight excluding hydrogens is 335 g/mol. The predicted molar refractivity (Wildman–Crippen MR) is 92.6 cm³/mol. The van der Waals surface area contributed by atoms with Crippen LogP contribution in [0.4, 0.5) is 0 Å². The minimum atomic E-state index is -0.895. The monoisotopic (exact) mass is 375 g/mol. The van der Waals surface area contributed by atoms with E-state index in [9.17, 15) is 0 Å². The van der Waals surface area contributed by atoms with Gasteiger partial charge >= 0.3 is 131 Å². The van der Waals surface area contributed by atoms with Crippen LogP contribution in [0.5, 0.6) is 0 Å². The molecule has 0 unspecified atom stereocenters. The summed E-state index contributed by atoms with van der Waals surface area (Å²) < 4.78 is 4.99. The molecule has 0 saturated heterocycles. The summed E-state index contributed by atoms with van der Waals surface area (Å²) in [7, 11) is 0. The van der Waals surface area contributed by atoms with Crippen molar-refractivity contribution in [3.63, 3.8) is 0 Å². The Labute approximate surface area is 130 Å². The Bertz CT molecular complexity index is 140. The van der Waals surface area contributed by atoms with Crippen molar-refractivity contribution in [2.75, 3.05) is 0 Å². The molecule has 0 aliphatic carbocycles. The summed E-state index contributed by atoms with van der Waals surface area (Å²) in [4.78, 5) is 0. The van der Waals surface area contributed by atoms with Crippen LogP contribution in [-0.4, -0.2) is 19.8 Å². The molecule has 0 aliphatic heterocycles. The summed E-state index contributed by atoms with van der Waals surface area (Å²) in [6.07, 6.45) is 17.9. The van der Waals surface area contributed by atoms with E-state index in [-0.39, 0.29) is 0 Å². The van der Waals surface area contributed by atoms with Crippen molar-refractivity contribution in [3.8, 4) is 0 Å². The predicted octanol–water partition coefficient (Wildman–Crippen LogP) is 7.22. The van der Waals surface area contributed by atoms with Gasteiger partial charge in [-0.2, -0.15) is 0 Å². The van der Waals surface area contributed by atoms with Crippen LogP contribution in [0.3, 0.4) is 0 Å². The Morgan fingerprint density at radius 2 is 0.842 bits per heavy atom. The van der Waals surface area contributed by atoms with Gasteiger partial charge < -0.3 is 0 Å². The van der Waals surface area contributed by atoms with Crippen LogP contribution in [0.15, 0.2) is 0 Å². The fourth-order valence-corrected chi connectivity index (χ4v) is 9.80. The van der Waals surface area contributed by atoms with Crippen molar-refractivity contribution in [2.45, 2.75) is 111 Å². The third-order valence-electron chi connectivity index (χ3n) is 4.27. The first kappa shape index (κ1) is 19.8. The second kappa shape index (κ2) is 16.9. The van der Waals surface area contributed by atoms with Gasteiger partial charge in [0, 0.05) is 0 Å². The zero-order valence-corrected chi connectivity index (χ0v) is 17.0. The van der Waals surface area contributed by atoms with E-state index in [2.05, 4.69) is 20.8 Å². The summed E-state index contributed by atoms with van der Waals surface area (Å²) in [5.74, 6) is 0. The molecule has 19 heavy (non-hydrogen) atoms. The van der Waals surface area contributed by atoms with Gasteiger partial charge in [0.05, 0.1) is 0 Å². The van der Waals surface area contributed by atoms with Gasteiger partial charge in [-0.3, -0.25) is 0 Å². The van der Waals surface area contributed by atoms with Gasteiger partial charge in [-0.1, -0.05) is 0 Å². The molecule has 0 aromatic carbocycles. The summed E-state index contributed by atoms with van der Waals surface area (Å²) >= 11 is -0.895. The number of unbranched alkanes of at least 4 members (excludes halogenated alkanes) is 10. The SMILES string of the molecule is CCCCCCC[CH2][Sn]([CH2]C)[CH2]CCCCCCC. The van der Waals surface area contributed by atoms with Crippen molar-refractivity contribution < 1.29 is 0 Å². The van der Waals surface area contributed by atoms with Crippen LogP contribution in [0.25, 0.3) is 0 Å². The first-order valence-corrected chi connectivity index (χ1v) is 15.2. The van der Waals surface area contributed by atoms with E-state index < -0.39 is 19.8 Å². The molecule has 0 N–H and O–H groups in total. The number of hydrogen-bond donors (Lipinski definition) is 0. The molecule has 0 fully saturated rings. The van der Waals surface area contributed by atoms with E-state index in [1.807, 2.05) is 0 Å². The minimum absolute atomic E-state index is 0.895. The number of hydrogen-bond acceptors (Lipinski definition) is 0. The third kappa shape index (κ3) is 15.0. The van der Waals surface area contributed by atoms with Crippen molar-refractivity contribution in [3.05, 3.63) is 0 Å². The van der Waals surface area contributed by atoms with Crippen LogP contribution in [0.2, 0.25) is 13.3 Å².